The number of rotatable bonds is 7. The van der Waals surface area contributed by atoms with E-state index >= 15 is 0 Å². The van der Waals surface area contributed by atoms with Crippen molar-refractivity contribution in [3.05, 3.63) is 29.8 Å². The van der Waals surface area contributed by atoms with Crippen molar-refractivity contribution in [3.8, 4) is 5.75 Å². The van der Waals surface area contributed by atoms with Crippen LogP contribution in [0.4, 0.5) is 8.78 Å². The molecule has 0 spiro atoms. The molecule has 6 heteroatoms. The van der Waals surface area contributed by atoms with Gasteiger partial charge in [-0.25, -0.2) is 8.78 Å². The van der Waals surface area contributed by atoms with Crippen LogP contribution in [0, 0.1) is 6.92 Å². The first-order valence-corrected chi connectivity index (χ1v) is 5.88. The first-order valence-electron chi connectivity index (χ1n) is 5.88. The van der Waals surface area contributed by atoms with Crippen molar-refractivity contribution in [3.63, 3.8) is 0 Å². The Balaban J connectivity index is 2.22. The van der Waals surface area contributed by atoms with E-state index in [4.69, 9.17) is 9.84 Å². The molecule has 0 saturated carbocycles. The molecule has 0 bridgehead atoms. The van der Waals surface area contributed by atoms with E-state index < -0.39 is 25.0 Å². The second kappa shape index (κ2) is 7.04. The Kier molecular flexibility index (Phi) is 5.69. The molecule has 0 unspecified atom stereocenters. The first kappa shape index (κ1) is 15.4. The Labute approximate surface area is 110 Å². The zero-order valence-electron chi connectivity index (χ0n) is 10.7. The fraction of sp³-hybridized carbons (Fsp3) is 0.462. The molecule has 2 N–H and O–H groups in total. The predicted molar refractivity (Wildman–Crippen MR) is 66.3 cm³/mol. The van der Waals surface area contributed by atoms with Gasteiger partial charge in [0.25, 0.3) is 5.92 Å². The molecular formula is C13H17F2NO3. The molecule has 0 fully saturated rings. The van der Waals surface area contributed by atoms with Crippen molar-refractivity contribution in [2.24, 2.45) is 0 Å². The molecule has 1 amide bonds. The van der Waals surface area contributed by atoms with Crippen LogP contribution in [-0.4, -0.2) is 36.7 Å². The molecule has 0 aromatic heterocycles. The first-order chi connectivity index (χ1) is 8.93. The maximum atomic E-state index is 12.6. The number of carbonyl (C=O) groups is 1. The van der Waals surface area contributed by atoms with E-state index in [1.54, 1.807) is 12.1 Å². The molecule has 1 aromatic rings. The number of aryl methyl sites for hydroxylation is 1. The summed E-state index contributed by atoms with van der Waals surface area (Å²) in [6.07, 6.45) is -0.0185. The van der Waals surface area contributed by atoms with Gasteiger partial charge in [0.1, 0.15) is 12.4 Å². The zero-order chi connectivity index (χ0) is 14.3. The van der Waals surface area contributed by atoms with E-state index in [9.17, 15) is 13.6 Å². The van der Waals surface area contributed by atoms with E-state index in [1.165, 1.54) is 0 Å². The largest absolute Gasteiger partial charge is 0.493 e. The Morgan fingerprint density at radius 3 is 2.58 bits per heavy atom. The van der Waals surface area contributed by atoms with E-state index in [1.807, 2.05) is 24.4 Å². The summed E-state index contributed by atoms with van der Waals surface area (Å²) < 4.78 is 30.6. The van der Waals surface area contributed by atoms with Crippen molar-refractivity contribution >= 4 is 5.91 Å². The molecule has 0 radical (unpaired) electrons. The number of nitrogens with one attached hydrogen (secondary N) is 1. The number of carbonyl (C=O) groups excluding carboxylic acids is 1. The summed E-state index contributed by atoms with van der Waals surface area (Å²) in [5, 5.41) is 10.4. The lowest BCUT2D eigenvalue weighted by Gasteiger charge is -2.14. The summed E-state index contributed by atoms with van der Waals surface area (Å²) in [4.78, 5) is 11.2. The van der Waals surface area contributed by atoms with Crippen LogP contribution in [0.1, 0.15) is 12.0 Å². The van der Waals surface area contributed by atoms with E-state index in [2.05, 4.69) is 0 Å². The molecule has 1 rings (SSSR count). The Bertz CT molecular complexity index is 407. The van der Waals surface area contributed by atoms with Gasteiger partial charge in [0.15, 0.2) is 0 Å². The molecule has 1 aromatic carbocycles. The van der Waals surface area contributed by atoms with Gasteiger partial charge >= 0.3 is 0 Å². The van der Waals surface area contributed by atoms with Crippen LogP contribution in [0.25, 0.3) is 0 Å². The number of aliphatic hydroxyl groups is 1. The highest BCUT2D eigenvalue weighted by molar-refractivity contribution is 5.76. The van der Waals surface area contributed by atoms with Crippen LogP contribution < -0.4 is 10.1 Å². The Hall–Kier alpha value is -1.69. The summed E-state index contributed by atoms with van der Waals surface area (Å²) in [5.74, 6) is -3.20. The molecule has 0 aliphatic rings. The molecule has 0 aliphatic heterocycles. The van der Waals surface area contributed by atoms with Gasteiger partial charge in [-0.3, -0.25) is 4.79 Å². The van der Waals surface area contributed by atoms with Crippen LogP contribution in [0.3, 0.4) is 0 Å². The highest BCUT2D eigenvalue weighted by Crippen LogP contribution is 2.12. The van der Waals surface area contributed by atoms with E-state index in [-0.39, 0.29) is 13.0 Å². The van der Waals surface area contributed by atoms with Crippen molar-refractivity contribution in [2.75, 3.05) is 19.8 Å². The average Bonchev–Trinajstić information content (AvgIpc) is 2.39. The van der Waals surface area contributed by atoms with Crippen molar-refractivity contribution in [2.45, 2.75) is 19.3 Å². The lowest BCUT2D eigenvalue weighted by Crippen LogP contribution is -2.39. The molecular weight excluding hydrogens is 256 g/mol. The molecule has 0 aliphatic carbocycles. The number of aliphatic hydroxyl groups excluding tert-OH is 1. The SMILES string of the molecule is Cc1ccc(OCCC(=O)NCC(F)(F)CO)cc1. The molecule has 4 nitrogen and oxygen atoms in total. The zero-order valence-corrected chi connectivity index (χ0v) is 10.7. The molecule has 19 heavy (non-hydrogen) atoms. The second-order valence-corrected chi connectivity index (χ2v) is 4.20. The number of benzene rings is 1. The van der Waals surface area contributed by atoms with Gasteiger partial charge in [0, 0.05) is 0 Å². The van der Waals surface area contributed by atoms with E-state index in [0.29, 0.717) is 5.75 Å². The fourth-order valence-electron chi connectivity index (χ4n) is 1.27. The van der Waals surface area contributed by atoms with Gasteiger partial charge in [0.05, 0.1) is 19.6 Å². The molecule has 0 saturated heterocycles. The van der Waals surface area contributed by atoms with Gasteiger partial charge in [-0.15, -0.1) is 0 Å². The third-order valence-corrected chi connectivity index (χ3v) is 2.39. The standard InChI is InChI=1S/C13H17F2NO3/c1-10-2-4-11(5-3-10)19-7-6-12(18)16-8-13(14,15)9-17/h2-5,17H,6-9H2,1H3,(H,16,18). The summed E-state index contributed by atoms with van der Waals surface area (Å²) in [7, 11) is 0. The van der Waals surface area contributed by atoms with Gasteiger partial charge in [-0.05, 0) is 19.1 Å². The fourth-order valence-corrected chi connectivity index (χ4v) is 1.27. The van der Waals surface area contributed by atoms with Crippen molar-refractivity contribution in [1.29, 1.82) is 0 Å². The minimum Gasteiger partial charge on any atom is -0.493 e. The van der Waals surface area contributed by atoms with E-state index in [0.717, 1.165) is 5.56 Å². The predicted octanol–water partition coefficient (Wildman–Crippen LogP) is 1.51. The number of ether oxygens (including phenoxy) is 1. The average molecular weight is 273 g/mol. The highest BCUT2D eigenvalue weighted by atomic mass is 19.3. The second-order valence-electron chi connectivity index (χ2n) is 4.20. The quantitative estimate of drug-likeness (QED) is 0.791. The number of amides is 1. The number of halogens is 2. The van der Waals surface area contributed by atoms with Crippen LogP contribution in [0.15, 0.2) is 24.3 Å². The van der Waals surface area contributed by atoms with Crippen molar-refractivity contribution in [1.82, 2.24) is 5.32 Å². The smallest absolute Gasteiger partial charge is 0.287 e. The maximum absolute atomic E-state index is 12.6. The lowest BCUT2D eigenvalue weighted by molar-refractivity contribution is -0.124. The molecule has 106 valence electrons. The monoisotopic (exact) mass is 273 g/mol. The molecule has 0 atom stereocenters. The van der Waals surface area contributed by atoms with Gasteiger partial charge in [-0.2, -0.15) is 0 Å². The third kappa shape index (κ3) is 6.15. The summed E-state index contributed by atoms with van der Waals surface area (Å²) >= 11 is 0. The van der Waals surface area contributed by atoms with Crippen molar-refractivity contribution < 1.29 is 23.4 Å². The molecule has 0 heterocycles. The summed E-state index contributed by atoms with van der Waals surface area (Å²) in [6.45, 7) is -0.0990. The van der Waals surface area contributed by atoms with Crippen LogP contribution in [-0.2, 0) is 4.79 Å². The summed E-state index contributed by atoms with van der Waals surface area (Å²) in [6, 6.07) is 7.29. The van der Waals surface area contributed by atoms with Gasteiger partial charge < -0.3 is 15.2 Å². The number of alkyl halides is 2. The van der Waals surface area contributed by atoms with Crippen LogP contribution in [0.2, 0.25) is 0 Å². The van der Waals surface area contributed by atoms with Gasteiger partial charge in [-0.1, -0.05) is 17.7 Å². The van der Waals surface area contributed by atoms with Crippen LogP contribution in [0.5, 0.6) is 5.75 Å². The lowest BCUT2D eigenvalue weighted by atomic mass is 10.2. The minimum atomic E-state index is -3.28. The highest BCUT2D eigenvalue weighted by Gasteiger charge is 2.27. The Morgan fingerprint density at radius 1 is 1.37 bits per heavy atom. The van der Waals surface area contributed by atoms with Crippen LogP contribution >= 0.6 is 0 Å². The maximum Gasteiger partial charge on any atom is 0.287 e. The topological polar surface area (TPSA) is 58.6 Å². The Morgan fingerprint density at radius 2 is 2.00 bits per heavy atom. The summed E-state index contributed by atoms with van der Waals surface area (Å²) in [5.41, 5.74) is 1.09. The number of hydrogen-bond acceptors (Lipinski definition) is 3. The third-order valence-electron chi connectivity index (χ3n) is 2.39. The van der Waals surface area contributed by atoms with Gasteiger partial charge in [0.2, 0.25) is 5.91 Å². The minimum absolute atomic E-state index is 0.0185. The normalized spacial score (nSPS) is 11.2. The number of hydrogen-bond donors (Lipinski definition) is 2.